The van der Waals surface area contributed by atoms with E-state index in [-0.39, 0.29) is 24.2 Å². The Kier molecular flexibility index (Phi) is 5.74. The van der Waals surface area contributed by atoms with Crippen molar-refractivity contribution < 1.29 is 18.7 Å². The molecule has 0 bridgehead atoms. The summed E-state index contributed by atoms with van der Waals surface area (Å²) in [4.78, 5) is 16.9. The van der Waals surface area contributed by atoms with Gasteiger partial charge in [0.05, 0.1) is 24.2 Å². The standard InChI is InChI=1S/C24H24FNO3/c1-28-24(27)23(17-7-2-3-8-17)18-11-13-22(20(25)14-18)29-15-19-12-10-16-6-4-5-9-21(16)26-19/h4-6,9-14,17,23H,2-3,7-8,15H2,1H3. The summed E-state index contributed by atoms with van der Waals surface area (Å²) in [6, 6.07) is 16.4. The Labute approximate surface area is 169 Å². The van der Waals surface area contributed by atoms with Gasteiger partial charge in [0.15, 0.2) is 11.6 Å². The van der Waals surface area contributed by atoms with Crippen LogP contribution >= 0.6 is 0 Å². The summed E-state index contributed by atoms with van der Waals surface area (Å²) in [7, 11) is 1.38. The van der Waals surface area contributed by atoms with Crippen molar-refractivity contribution in [3.63, 3.8) is 0 Å². The highest BCUT2D eigenvalue weighted by Gasteiger charge is 2.33. The Balaban J connectivity index is 1.50. The summed E-state index contributed by atoms with van der Waals surface area (Å²) < 4.78 is 25.4. The molecule has 0 amide bonds. The highest BCUT2D eigenvalue weighted by molar-refractivity contribution is 5.79. The third-order valence-corrected chi connectivity index (χ3v) is 5.67. The van der Waals surface area contributed by atoms with Gasteiger partial charge in [-0.05, 0) is 48.6 Å². The smallest absolute Gasteiger partial charge is 0.313 e. The predicted octanol–water partition coefficient (Wildman–Crippen LogP) is 5.40. The van der Waals surface area contributed by atoms with Gasteiger partial charge in [-0.3, -0.25) is 4.79 Å². The molecule has 0 aliphatic heterocycles. The number of benzene rings is 2. The molecule has 1 atom stereocenters. The molecule has 1 unspecified atom stereocenters. The zero-order valence-electron chi connectivity index (χ0n) is 16.4. The monoisotopic (exact) mass is 393 g/mol. The van der Waals surface area contributed by atoms with Crippen LogP contribution in [0.3, 0.4) is 0 Å². The van der Waals surface area contributed by atoms with Crippen LogP contribution < -0.4 is 4.74 Å². The molecule has 2 aromatic carbocycles. The SMILES string of the molecule is COC(=O)C(c1ccc(OCc2ccc3ccccc3n2)c(F)c1)C1CCCC1. The molecule has 1 aromatic heterocycles. The minimum absolute atomic E-state index is 0.152. The van der Waals surface area contributed by atoms with Gasteiger partial charge >= 0.3 is 5.97 Å². The van der Waals surface area contributed by atoms with Crippen LogP contribution in [0, 0.1) is 11.7 Å². The maximum atomic E-state index is 14.7. The topological polar surface area (TPSA) is 48.4 Å². The third-order valence-electron chi connectivity index (χ3n) is 5.67. The van der Waals surface area contributed by atoms with E-state index in [2.05, 4.69) is 4.98 Å². The quantitative estimate of drug-likeness (QED) is 0.526. The van der Waals surface area contributed by atoms with E-state index < -0.39 is 11.7 Å². The Morgan fingerprint density at radius 1 is 1.14 bits per heavy atom. The Morgan fingerprint density at radius 3 is 2.69 bits per heavy atom. The predicted molar refractivity (Wildman–Crippen MR) is 109 cm³/mol. The van der Waals surface area contributed by atoms with Crippen LogP contribution in [0.4, 0.5) is 4.39 Å². The summed E-state index contributed by atoms with van der Waals surface area (Å²) in [5.41, 5.74) is 2.25. The number of fused-ring (bicyclic) bond motifs is 1. The molecule has 4 nitrogen and oxygen atoms in total. The minimum atomic E-state index is -0.477. The number of hydrogen-bond donors (Lipinski definition) is 0. The number of carbonyl (C=O) groups is 1. The number of rotatable bonds is 6. The second-order valence-electron chi connectivity index (χ2n) is 7.52. The molecule has 0 saturated heterocycles. The number of hydrogen-bond acceptors (Lipinski definition) is 4. The van der Waals surface area contributed by atoms with Gasteiger partial charge in [-0.2, -0.15) is 0 Å². The summed E-state index contributed by atoms with van der Waals surface area (Å²) in [6.45, 7) is 0.171. The van der Waals surface area contributed by atoms with Gasteiger partial charge < -0.3 is 9.47 Å². The minimum Gasteiger partial charge on any atom is -0.484 e. The van der Waals surface area contributed by atoms with Gasteiger partial charge in [-0.25, -0.2) is 9.37 Å². The van der Waals surface area contributed by atoms with Crippen LogP contribution in [0.5, 0.6) is 5.75 Å². The fourth-order valence-corrected chi connectivity index (χ4v) is 4.19. The van der Waals surface area contributed by atoms with Crippen molar-refractivity contribution in [2.24, 2.45) is 5.92 Å². The average Bonchev–Trinajstić information content (AvgIpc) is 3.27. The van der Waals surface area contributed by atoms with Crippen LogP contribution in [0.15, 0.2) is 54.6 Å². The molecule has 1 saturated carbocycles. The van der Waals surface area contributed by atoms with Crippen LogP contribution in [-0.4, -0.2) is 18.1 Å². The molecule has 150 valence electrons. The first kappa shape index (κ1) is 19.4. The lowest BCUT2D eigenvalue weighted by Gasteiger charge is -2.22. The summed E-state index contributed by atoms with van der Waals surface area (Å²) in [5.74, 6) is -0.845. The molecule has 4 rings (SSSR count). The number of methoxy groups -OCH3 is 1. The molecule has 3 aromatic rings. The van der Waals surface area contributed by atoms with E-state index in [1.165, 1.54) is 13.2 Å². The molecule has 1 aliphatic rings. The molecule has 0 N–H and O–H groups in total. The van der Waals surface area contributed by atoms with Crippen LogP contribution in [0.1, 0.15) is 42.9 Å². The van der Waals surface area contributed by atoms with Crippen molar-refractivity contribution in [3.8, 4) is 5.75 Å². The second kappa shape index (κ2) is 8.60. The van der Waals surface area contributed by atoms with E-state index in [4.69, 9.17) is 9.47 Å². The molecule has 5 heteroatoms. The van der Waals surface area contributed by atoms with E-state index in [0.717, 1.165) is 42.3 Å². The zero-order valence-corrected chi connectivity index (χ0v) is 16.4. The number of aromatic nitrogens is 1. The normalized spacial score (nSPS) is 15.4. The molecule has 1 aliphatic carbocycles. The molecular formula is C24H24FNO3. The van der Waals surface area contributed by atoms with Crippen molar-refractivity contribution in [2.45, 2.75) is 38.2 Å². The second-order valence-corrected chi connectivity index (χ2v) is 7.52. The van der Waals surface area contributed by atoms with Crippen molar-refractivity contribution >= 4 is 16.9 Å². The first-order chi connectivity index (χ1) is 14.2. The number of carbonyl (C=O) groups excluding carboxylic acids is 1. The maximum Gasteiger partial charge on any atom is 0.313 e. The Morgan fingerprint density at radius 2 is 1.93 bits per heavy atom. The highest BCUT2D eigenvalue weighted by Crippen LogP contribution is 2.39. The third kappa shape index (κ3) is 4.24. The van der Waals surface area contributed by atoms with E-state index in [9.17, 15) is 9.18 Å². The molecule has 1 heterocycles. The number of pyridine rings is 1. The van der Waals surface area contributed by atoms with E-state index in [1.807, 2.05) is 36.4 Å². The maximum absolute atomic E-state index is 14.7. The van der Waals surface area contributed by atoms with Gasteiger partial charge in [0.25, 0.3) is 0 Å². The molecule has 29 heavy (non-hydrogen) atoms. The molecule has 0 spiro atoms. The Hall–Kier alpha value is -2.95. The van der Waals surface area contributed by atoms with Crippen molar-refractivity contribution in [3.05, 3.63) is 71.7 Å². The molecular weight excluding hydrogens is 369 g/mol. The van der Waals surface area contributed by atoms with E-state index in [0.29, 0.717) is 5.56 Å². The first-order valence-electron chi connectivity index (χ1n) is 10.0. The van der Waals surface area contributed by atoms with Gasteiger partial charge in [0, 0.05) is 5.39 Å². The van der Waals surface area contributed by atoms with Crippen molar-refractivity contribution in [2.75, 3.05) is 7.11 Å². The largest absolute Gasteiger partial charge is 0.484 e. The summed E-state index contributed by atoms with van der Waals surface area (Å²) >= 11 is 0. The zero-order chi connectivity index (χ0) is 20.2. The van der Waals surface area contributed by atoms with Gasteiger partial charge in [0.1, 0.15) is 6.61 Å². The van der Waals surface area contributed by atoms with Crippen LogP contribution in [0.25, 0.3) is 10.9 Å². The number of ether oxygens (including phenoxy) is 2. The summed E-state index contributed by atoms with van der Waals surface area (Å²) in [5, 5.41) is 1.05. The van der Waals surface area contributed by atoms with Crippen LogP contribution in [0.2, 0.25) is 0 Å². The van der Waals surface area contributed by atoms with Gasteiger partial charge in [-0.1, -0.05) is 43.2 Å². The van der Waals surface area contributed by atoms with Gasteiger partial charge in [-0.15, -0.1) is 0 Å². The Bertz CT molecular complexity index is 1010. The number of esters is 1. The fraction of sp³-hybridized carbons (Fsp3) is 0.333. The van der Waals surface area contributed by atoms with E-state index >= 15 is 0 Å². The summed E-state index contributed by atoms with van der Waals surface area (Å²) in [6.07, 6.45) is 4.13. The first-order valence-corrected chi connectivity index (χ1v) is 10.0. The molecule has 1 fully saturated rings. The lowest BCUT2D eigenvalue weighted by molar-refractivity contribution is -0.143. The molecule has 0 radical (unpaired) electrons. The van der Waals surface area contributed by atoms with E-state index in [1.54, 1.807) is 12.1 Å². The van der Waals surface area contributed by atoms with Crippen molar-refractivity contribution in [1.29, 1.82) is 0 Å². The van der Waals surface area contributed by atoms with Crippen LogP contribution in [-0.2, 0) is 16.1 Å². The number of nitrogens with zero attached hydrogens (tertiary/aromatic N) is 1. The highest BCUT2D eigenvalue weighted by atomic mass is 19.1. The number of para-hydroxylation sites is 1. The lowest BCUT2D eigenvalue weighted by Crippen LogP contribution is -2.21. The lowest BCUT2D eigenvalue weighted by atomic mass is 9.85. The number of halogens is 1. The van der Waals surface area contributed by atoms with Gasteiger partial charge in [0.2, 0.25) is 0 Å². The van der Waals surface area contributed by atoms with Crippen molar-refractivity contribution in [1.82, 2.24) is 4.98 Å². The fourth-order valence-electron chi connectivity index (χ4n) is 4.19. The average molecular weight is 393 g/mol.